The van der Waals surface area contributed by atoms with Crippen LogP contribution in [0.2, 0.25) is 0 Å². The Hall–Kier alpha value is -3.36. The van der Waals surface area contributed by atoms with E-state index in [1.165, 1.54) is 4.90 Å². The molecule has 3 rings (SSSR count). The molecule has 0 aromatic heterocycles. The molecule has 146 valence electrons. The lowest BCUT2D eigenvalue weighted by Gasteiger charge is -2.19. The van der Waals surface area contributed by atoms with Crippen LogP contribution in [0.3, 0.4) is 0 Å². The normalized spacial score (nSPS) is 17.2. The molecule has 1 aliphatic heterocycles. The van der Waals surface area contributed by atoms with Crippen LogP contribution in [0.1, 0.15) is 12.5 Å². The van der Waals surface area contributed by atoms with Crippen LogP contribution in [-0.4, -0.2) is 35.3 Å². The monoisotopic (exact) mass is 391 g/mol. The van der Waals surface area contributed by atoms with E-state index in [2.05, 4.69) is 5.32 Å². The van der Waals surface area contributed by atoms with Gasteiger partial charge in [-0.3, -0.25) is 19.4 Å². The highest BCUT2D eigenvalue weighted by Crippen LogP contribution is 2.30. The maximum Gasteiger partial charge on any atom is 0.416 e. The summed E-state index contributed by atoms with van der Waals surface area (Å²) >= 11 is 0. The molecule has 0 aliphatic carbocycles. The second kappa shape index (κ2) is 7.34. The minimum absolute atomic E-state index is 0.130. The van der Waals surface area contributed by atoms with E-state index < -0.39 is 42.2 Å². The van der Waals surface area contributed by atoms with Gasteiger partial charge in [0.25, 0.3) is 5.91 Å². The largest absolute Gasteiger partial charge is 0.416 e. The number of halogens is 3. The zero-order valence-electron chi connectivity index (χ0n) is 14.7. The number of rotatable bonds is 4. The summed E-state index contributed by atoms with van der Waals surface area (Å²) in [7, 11) is 0. The summed E-state index contributed by atoms with van der Waals surface area (Å²) < 4.78 is 37.7. The van der Waals surface area contributed by atoms with Crippen LogP contribution < -0.4 is 10.2 Å². The number of hydrogen-bond acceptors (Lipinski definition) is 3. The van der Waals surface area contributed by atoms with Crippen LogP contribution in [-0.2, 0) is 15.8 Å². The second-order valence-corrected chi connectivity index (χ2v) is 6.21. The fourth-order valence-corrected chi connectivity index (χ4v) is 2.88. The molecule has 0 saturated carbocycles. The first-order valence-corrected chi connectivity index (χ1v) is 8.35. The highest BCUT2D eigenvalue weighted by atomic mass is 19.4. The van der Waals surface area contributed by atoms with Crippen LogP contribution in [0.25, 0.3) is 0 Å². The number of nitrogens with one attached hydrogen (secondary N) is 1. The molecule has 6 nitrogen and oxygen atoms in total. The average Bonchev–Trinajstić information content (AvgIpc) is 2.85. The van der Waals surface area contributed by atoms with E-state index in [1.807, 2.05) is 0 Å². The van der Waals surface area contributed by atoms with Crippen molar-refractivity contribution in [2.24, 2.45) is 0 Å². The fourth-order valence-electron chi connectivity index (χ4n) is 2.88. The van der Waals surface area contributed by atoms with Gasteiger partial charge >= 0.3 is 12.2 Å². The zero-order valence-corrected chi connectivity index (χ0v) is 14.7. The SMILES string of the molecule is CC1C(=O)N(CC(=O)Nc2ccc(C(F)(F)F)cc2)C(=O)N1c1ccccc1. The lowest BCUT2D eigenvalue weighted by molar-refractivity contribution is -0.137. The molecule has 4 amide bonds. The first-order valence-electron chi connectivity index (χ1n) is 8.35. The molecule has 1 unspecified atom stereocenters. The van der Waals surface area contributed by atoms with Gasteiger partial charge in [-0.05, 0) is 43.3 Å². The predicted octanol–water partition coefficient (Wildman–Crippen LogP) is 3.50. The number of anilines is 2. The smallest absolute Gasteiger partial charge is 0.325 e. The molecule has 9 heteroatoms. The van der Waals surface area contributed by atoms with Crippen molar-refractivity contribution in [2.75, 3.05) is 16.8 Å². The van der Waals surface area contributed by atoms with Crippen molar-refractivity contribution in [3.8, 4) is 0 Å². The minimum atomic E-state index is -4.48. The summed E-state index contributed by atoms with van der Waals surface area (Å²) in [5.41, 5.74) is -0.188. The van der Waals surface area contributed by atoms with E-state index in [4.69, 9.17) is 0 Å². The minimum Gasteiger partial charge on any atom is -0.325 e. The third-order valence-electron chi connectivity index (χ3n) is 4.28. The lowest BCUT2D eigenvalue weighted by atomic mass is 10.2. The van der Waals surface area contributed by atoms with E-state index in [0.717, 1.165) is 29.2 Å². The Morgan fingerprint density at radius 2 is 1.64 bits per heavy atom. The number of carbonyl (C=O) groups excluding carboxylic acids is 3. The number of urea groups is 1. The summed E-state index contributed by atoms with van der Waals surface area (Å²) in [5.74, 6) is -1.22. The van der Waals surface area contributed by atoms with Gasteiger partial charge in [0.2, 0.25) is 5.91 Å². The van der Waals surface area contributed by atoms with Gasteiger partial charge in [0.1, 0.15) is 12.6 Å². The van der Waals surface area contributed by atoms with Gasteiger partial charge in [-0.25, -0.2) is 4.79 Å². The van der Waals surface area contributed by atoms with Crippen molar-refractivity contribution >= 4 is 29.2 Å². The zero-order chi connectivity index (χ0) is 20.5. The van der Waals surface area contributed by atoms with E-state index in [0.29, 0.717) is 5.69 Å². The van der Waals surface area contributed by atoms with E-state index >= 15 is 0 Å². The molecule has 0 radical (unpaired) electrons. The van der Waals surface area contributed by atoms with Gasteiger partial charge < -0.3 is 5.32 Å². The predicted molar refractivity (Wildman–Crippen MR) is 95.6 cm³/mol. The molecule has 1 N–H and O–H groups in total. The summed E-state index contributed by atoms with van der Waals surface area (Å²) in [6.45, 7) is 1.02. The third kappa shape index (κ3) is 3.83. The molecule has 1 fully saturated rings. The van der Waals surface area contributed by atoms with E-state index in [9.17, 15) is 27.6 Å². The van der Waals surface area contributed by atoms with Gasteiger partial charge in [0.05, 0.1) is 5.56 Å². The first-order chi connectivity index (χ1) is 13.2. The highest BCUT2D eigenvalue weighted by molar-refractivity contribution is 6.16. The standard InChI is InChI=1S/C19H16F3N3O3/c1-12-17(27)24(18(28)25(12)15-5-3-2-4-6-15)11-16(26)23-14-9-7-13(8-10-14)19(20,21)22/h2-10,12H,11H2,1H3,(H,23,26). The third-order valence-corrected chi connectivity index (χ3v) is 4.28. The van der Waals surface area contributed by atoms with Crippen molar-refractivity contribution in [3.63, 3.8) is 0 Å². The van der Waals surface area contributed by atoms with Crippen molar-refractivity contribution in [1.82, 2.24) is 4.90 Å². The number of carbonyl (C=O) groups is 3. The van der Waals surface area contributed by atoms with Crippen LogP contribution >= 0.6 is 0 Å². The molecular formula is C19H16F3N3O3. The number of para-hydroxylation sites is 1. The Balaban J connectivity index is 1.68. The lowest BCUT2D eigenvalue weighted by Crippen LogP contribution is -2.39. The number of nitrogens with zero attached hydrogens (tertiary/aromatic N) is 2. The molecule has 2 aromatic carbocycles. The first kappa shape index (κ1) is 19.4. The van der Waals surface area contributed by atoms with Crippen LogP contribution in [0.15, 0.2) is 54.6 Å². The summed E-state index contributed by atoms with van der Waals surface area (Å²) in [5, 5.41) is 2.39. The highest BCUT2D eigenvalue weighted by Gasteiger charge is 2.44. The Morgan fingerprint density at radius 1 is 1.04 bits per heavy atom. The van der Waals surface area contributed by atoms with E-state index in [1.54, 1.807) is 37.3 Å². The quantitative estimate of drug-likeness (QED) is 0.811. The summed E-state index contributed by atoms with van der Waals surface area (Å²) in [4.78, 5) is 39.3. The molecule has 1 saturated heterocycles. The topological polar surface area (TPSA) is 69.7 Å². The molecule has 28 heavy (non-hydrogen) atoms. The molecule has 0 bridgehead atoms. The maximum absolute atomic E-state index is 12.6. The Morgan fingerprint density at radius 3 is 2.21 bits per heavy atom. The van der Waals surface area contributed by atoms with Gasteiger partial charge in [-0.2, -0.15) is 13.2 Å². The Labute approximate surface area is 158 Å². The van der Waals surface area contributed by atoms with Crippen LogP contribution in [0.4, 0.5) is 29.3 Å². The van der Waals surface area contributed by atoms with Crippen LogP contribution in [0, 0.1) is 0 Å². The van der Waals surface area contributed by atoms with Crippen molar-refractivity contribution in [3.05, 3.63) is 60.2 Å². The molecule has 1 aliphatic rings. The molecular weight excluding hydrogens is 375 g/mol. The molecule has 2 aromatic rings. The Kier molecular flexibility index (Phi) is 5.08. The number of imide groups is 1. The number of hydrogen-bond donors (Lipinski definition) is 1. The summed E-state index contributed by atoms with van der Waals surface area (Å²) in [6, 6.07) is 11.0. The van der Waals surface area contributed by atoms with Gasteiger partial charge in [-0.1, -0.05) is 18.2 Å². The maximum atomic E-state index is 12.6. The number of alkyl halides is 3. The van der Waals surface area contributed by atoms with Crippen molar-refractivity contribution in [2.45, 2.75) is 19.1 Å². The second-order valence-electron chi connectivity index (χ2n) is 6.21. The number of amides is 4. The molecule has 1 heterocycles. The Bertz CT molecular complexity index is 898. The van der Waals surface area contributed by atoms with Gasteiger partial charge in [0.15, 0.2) is 0 Å². The number of benzene rings is 2. The van der Waals surface area contributed by atoms with Gasteiger partial charge in [0, 0.05) is 11.4 Å². The van der Waals surface area contributed by atoms with Gasteiger partial charge in [-0.15, -0.1) is 0 Å². The molecule has 1 atom stereocenters. The van der Waals surface area contributed by atoms with Crippen LogP contribution in [0.5, 0.6) is 0 Å². The van der Waals surface area contributed by atoms with Crippen molar-refractivity contribution < 1.29 is 27.6 Å². The average molecular weight is 391 g/mol. The summed E-state index contributed by atoms with van der Waals surface area (Å²) in [6.07, 6.45) is -4.48. The fraction of sp³-hybridized carbons (Fsp3) is 0.211. The van der Waals surface area contributed by atoms with Crippen molar-refractivity contribution in [1.29, 1.82) is 0 Å². The molecule has 0 spiro atoms. The van der Waals surface area contributed by atoms with E-state index in [-0.39, 0.29) is 5.69 Å².